The molecule has 1 aliphatic rings. The lowest BCUT2D eigenvalue weighted by atomic mass is 10.2. The minimum absolute atomic E-state index is 0.182. The molecule has 0 radical (unpaired) electrons. The molecule has 2 aromatic carbocycles. The zero-order chi connectivity index (χ0) is 21.0. The van der Waals surface area contributed by atoms with Crippen LogP contribution in [0.25, 0.3) is 0 Å². The lowest BCUT2D eigenvalue weighted by Crippen LogP contribution is -2.40. The standard InChI is InChI=1S/C19H20Cl2N2O5S/c1-13-10-15(29(25,26)23-6-8-27-9-7-23)3-5-18(13)28-12-19(24)22-17-4-2-14(20)11-16(17)21/h2-5,10-11H,6-9,12H2,1H3,(H,22,24). The molecule has 1 amide bonds. The molecule has 0 unspecified atom stereocenters. The molecule has 0 saturated carbocycles. The number of hydrogen-bond acceptors (Lipinski definition) is 5. The fourth-order valence-electron chi connectivity index (χ4n) is 2.80. The molecule has 0 bridgehead atoms. The smallest absolute Gasteiger partial charge is 0.262 e. The van der Waals surface area contributed by atoms with Crippen molar-refractivity contribution in [3.05, 3.63) is 52.0 Å². The molecule has 1 aliphatic heterocycles. The van der Waals surface area contributed by atoms with Crippen molar-refractivity contribution in [2.75, 3.05) is 38.2 Å². The molecule has 10 heteroatoms. The van der Waals surface area contributed by atoms with Crippen LogP contribution < -0.4 is 10.1 Å². The maximum Gasteiger partial charge on any atom is 0.262 e. The molecule has 0 atom stereocenters. The van der Waals surface area contributed by atoms with Crippen LogP contribution in [-0.2, 0) is 19.6 Å². The van der Waals surface area contributed by atoms with Gasteiger partial charge in [-0.1, -0.05) is 23.2 Å². The monoisotopic (exact) mass is 458 g/mol. The van der Waals surface area contributed by atoms with E-state index in [1.807, 2.05) is 0 Å². The van der Waals surface area contributed by atoms with E-state index in [0.717, 1.165) is 0 Å². The van der Waals surface area contributed by atoms with Crippen molar-refractivity contribution in [3.8, 4) is 5.75 Å². The molecular formula is C19H20Cl2N2O5S. The van der Waals surface area contributed by atoms with Crippen LogP contribution in [0.15, 0.2) is 41.3 Å². The number of carbonyl (C=O) groups excluding carboxylic acids is 1. The van der Waals surface area contributed by atoms with Crippen LogP contribution in [0.2, 0.25) is 10.0 Å². The second-order valence-electron chi connectivity index (χ2n) is 6.40. The molecule has 1 heterocycles. The van der Waals surface area contributed by atoms with E-state index >= 15 is 0 Å². The van der Waals surface area contributed by atoms with E-state index in [1.165, 1.54) is 22.5 Å². The van der Waals surface area contributed by atoms with Crippen LogP contribution >= 0.6 is 23.2 Å². The molecule has 3 rings (SSSR count). The molecule has 29 heavy (non-hydrogen) atoms. The SMILES string of the molecule is Cc1cc(S(=O)(=O)N2CCOCC2)ccc1OCC(=O)Nc1ccc(Cl)cc1Cl. The Hall–Kier alpha value is -1.84. The maximum absolute atomic E-state index is 12.7. The first-order chi connectivity index (χ1) is 13.8. The Bertz CT molecular complexity index is 1010. The van der Waals surface area contributed by atoms with Gasteiger partial charge in [-0.25, -0.2) is 8.42 Å². The third kappa shape index (κ3) is 5.40. The first kappa shape index (κ1) is 21.9. The zero-order valence-corrected chi connectivity index (χ0v) is 18.0. The topological polar surface area (TPSA) is 84.9 Å². The molecule has 1 saturated heterocycles. The maximum atomic E-state index is 12.7. The van der Waals surface area contributed by atoms with Crippen LogP contribution in [0.1, 0.15) is 5.56 Å². The first-order valence-electron chi connectivity index (χ1n) is 8.83. The van der Waals surface area contributed by atoms with E-state index in [0.29, 0.717) is 53.3 Å². The van der Waals surface area contributed by atoms with E-state index in [-0.39, 0.29) is 11.5 Å². The summed E-state index contributed by atoms with van der Waals surface area (Å²) in [5.41, 5.74) is 1.03. The lowest BCUT2D eigenvalue weighted by molar-refractivity contribution is -0.118. The van der Waals surface area contributed by atoms with Crippen LogP contribution in [-0.4, -0.2) is 51.5 Å². The number of hydrogen-bond donors (Lipinski definition) is 1. The molecule has 0 aliphatic carbocycles. The number of benzene rings is 2. The van der Waals surface area contributed by atoms with Crippen molar-refractivity contribution in [2.24, 2.45) is 0 Å². The highest BCUT2D eigenvalue weighted by Gasteiger charge is 2.26. The Morgan fingerprint density at radius 2 is 1.90 bits per heavy atom. The van der Waals surface area contributed by atoms with E-state index in [2.05, 4.69) is 5.32 Å². The quantitative estimate of drug-likeness (QED) is 0.717. The summed E-state index contributed by atoms with van der Waals surface area (Å²) in [6.07, 6.45) is 0. The summed E-state index contributed by atoms with van der Waals surface area (Å²) in [5, 5.41) is 3.42. The summed E-state index contributed by atoms with van der Waals surface area (Å²) >= 11 is 11.9. The number of aryl methyl sites for hydroxylation is 1. The number of amides is 1. The summed E-state index contributed by atoms with van der Waals surface area (Å²) in [7, 11) is -3.59. The number of ether oxygens (including phenoxy) is 2. The largest absolute Gasteiger partial charge is 0.483 e. The van der Waals surface area contributed by atoms with E-state index in [4.69, 9.17) is 32.7 Å². The second kappa shape index (κ2) is 9.32. The van der Waals surface area contributed by atoms with E-state index in [9.17, 15) is 13.2 Å². The van der Waals surface area contributed by atoms with Crippen molar-refractivity contribution in [1.29, 1.82) is 0 Å². The fraction of sp³-hybridized carbons (Fsp3) is 0.316. The van der Waals surface area contributed by atoms with Gasteiger partial charge >= 0.3 is 0 Å². The van der Waals surface area contributed by atoms with E-state index in [1.54, 1.807) is 25.1 Å². The van der Waals surface area contributed by atoms with E-state index < -0.39 is 15.9 Å². The lowest BCUT2D eigenvalue weighted by Gasteiger charge is -2.26. The number of halogens is 2. The third-order valence-corrected chi connectivity index (χ3v) is 6.76. The van der Waals surface area contributed by atoms with Gasteiger partial charge in [-0.05, 0) is 48.9 Å². The van der Waals surface area contributed by atoms with Crippen molar-refractivity contribution < 1.29 is 22.7 Å². The van der Waals surface area contributed by atoms with Gasteiger partial charge in [0.1, 0.15) is 5.75 Å². The summed E-state index contributed by atoms with van der Waals surface area (Å²) in [6.45, 7) is 2.88. The van der Waals surface area contributed by atoms with Gasteiger partial charge in [0.15, 0.2) is 6.61 Å². The fourth-order valence-corrected chi connectivity index (χ4v) is 4.75. The predicted octanol–water partition coefficient (Wildman–Crippen LogP) is 3.34. The average molecular weight is 459 g/mol. The van der Waals surface area contributed by atoms with Gasteiger partial charge in [-0.15, -0.1) is 0 Å². The highest BCUT2D eigenvalue weighted by atomic mass is 35.5. The Kier molecular flexibility index (Phi) is 7.02. The summed E-state index contributed by atoms with van der Waals surface area (Å²) in [6, 6.07) is 9.29. The second-order valence-corrected chi connectivity index (χ2v) is 9.19. The molecule has 0 spiro atoms. The molecule has 1 fully saturated rings. The van der Waals surface area contributed by atoms with Gasteiger partial charge in [-0.2, -0.15) is 4.31 Å². The van der Waals surface area contributed by atoms with Crippen molar-refractivity contribution in [2.45, 2.75) is 11.8 Å². The average Bonchev–Trinajstić information content (AvgIpc) is 2.70. The van der Waals surface area contributed by atoms with Gasteiger partial charge in [0.05, 0.1) is 28.8 Å². The molecular weight excluding hydrogens is 439 g/mol. The third-order valence-electron chi connectivity index (χ3n) is 4.32. The van der Waals surface area contributed by atoms with Crippen LogP contribution in [0, 0.1) is 6.92 Å². The van der Waals surface area contributed by atoms with Crippen LogP contribution in [0.3, 0.4) is 0 Å². The Balaban J connectivity index is 1.64. The Morgan fingerprint density at radius 1 is 1.17 bits per heavy atom. The van der Waals surface area contributed by atoms with Crippen molar-refractivity contribution >= 4 is 44.8 Å². The first-order valence-corrected chi connectivity index (χ1v) is 11.0. The Morgan fingerprint density at radius 3 is 2.55 bits per heavy atom. The predicted molar refractivity (Wildman–Crippen MR) is 111 cm³/mol. The minimum atomic E-state index is -3.59. The number of anilines is 1. The molecule has 0 aromatic heterocycles. The number of nitrogens with zero attached hydrogens (tertiary/aromatic N) is 1. The number of morpholine rings is 1. The number of carbonyl (C=O) groups is 1. The number of sulfonamides is 1. The zero-order valence-electron chi connectivity index (χ0n) is 15.7. The van der Waals surface area contributed by atoms with Gasteiger partial charge in [-0.3, -0.25) is 4.79 Å². The summed E-state index contributed by atoms with van der Waals surface area (Å²) in [4.78, 5) is 12.3. The van der Waals surface area contributed by atoms with Gasteiger partial charge < -0.3 is 14.8 Å². The van der Waals surface area contributed by atoms with Crippen LogP contribution in [0.5, 0.6) is 5.75 Å². The van der Waals surface area contributed by atoms with Crippen LogP contribution in [0.4, 0.5) is 5.69 Å². The number of nitrogens with one attached hydrogen (secondary N) is 1. The molecule has 1 N–H and O–H groups in total. The summed E-state index contributed by atoms with van der Waals surface area (Å²) < 4.78 is 37.6. The Labute approximate surface area is 179 Å². The van der Waals surface area contributed by atoms with Crippen molar-refractivity contribution in [3.63, 3.8) is 0 Å². The number of rotatable bonds is 6. The summed E-state index contributed by atoms with van der Waals surface area (Å²) in [5.74, 6) is 0.0157. The molecule has 156 valence electrons. The normalized spacial score (nSPS) is 15.1. The van der Waals surface area contributed by atoms with Crippen molar-refractivity contribution in [1.82, 2.24) is 4.31 Å². The van der Waals surface area contributed by atoms with Gasteiger partial charge in [0.2, 0.25) is 10.0 Å². The highest BCUT2D eigenvalue weighted by Crippen LogP contribution is 2.26. The van der Waals surface area contributed by atoms with Gasteiger partial charge in [0.25, 0.3) is 5.91 Å². The highest BCUT2D eigenvalue weighted by molar-refractivity contribution is 7.89. The minimum Gasteiger partial charge on any atom is -0.483 e. The van der Waals surface area contributed by atoms with Gasteiger partial charge in [0, 0.05) is 18.1 Å². The molecule has 7 nitrogen and oxygen atoms in total. The molecule has 2 aromatic rings.